The van der Waals surface area contributed by atoms with Gasteiger partial charge in [0, 0.05) is 24.1 Å². The lowest BCUT2D eigenvalue weighted by Crippen LogP contribution is -3.14. The molecule has 0 radical (unpaired) electrons. The Morgan fingerprint density at radius 1 is 1.17 bits per heavy atom. The summed E-state index contributed by atoms with van der Waals surface area (Å²) in [6.07, 6.45) is 1.54. The Balaban J connectivity index is 1.33. The van der Waals surface area contributed by atoms with E-state index in [1.165, 1.54) is 22.3 Å². The van der Waals surface area contributed by atoms with Crippen LogP contribution in [0.4, 0.5) is 5.69 Å². The molecule has 7 heteroatoms. The lowest BCUT2D eigenvalue weighted by molar-refractivity contribution is -0.897. The van der Waals surface area contributed by atoms with Crippen LogP contribution in [0.2, 0.25) is 0 Å². The molecule has 1 aromatic heterocycles. The van der Waals surface area contributed by atoms with E-state index in [2.05, 4.69) is 30.4 Å². The number of hydrogen-bond acceptors (Lipinski definition) is 5. The number of nitrogens with one attached hydrogen (secondary N) is 2. The fourth-order valence-corrected chi connectivity index (χ4v) is 4.96. The quantitative estimate of drug-likeness (QED) is 0.618. The van der Waals surface area contributed by atoms with Crippen LogP contribution in [0.25, 0.3) is 20.8 Å². The molecule has 3 aromatic rings. The van der Waals surface area contributed by atoms with E-state index in [4.69, 9.17) is 9.72 Å². The van der Waals surface area contributed by atoms with Gasteiger partial charge in [-0.1, -0.05) is 6.07 Å². The minimum absolute atomic E-state index is 0.00951. The highest BCUT2D eigenvalue weighted by molar-refractivity contribution is 7.21. The second kappa shape index (κ2) is 8.93. The van der Waals surface area contributed by atoms with Crippen LogP contribution >= 0.6 is 11.3 Å². The van der Waals surface area contributed by atoms with Crippen LogP contribution in [0, 0.1) is 12.8 Å². The van der Waals surface area contributed by atoms with Crippen molar-refractivity contribution in [2.45, 2.75) is 19.8 Å². The minimum atomic E-state index is -0.137. The lowest BCUT2D eigenvalue weighted by atomic mass is 9.97. The zero-order valence-corrected chi connectivity index (χ0v) is 18.1. The van der Waals surface area contributed by atoms with E-state index in [9.17, 15) is 9.59 Å². The number of fused-ring (bicyclic) bond motifs is 1. The Bertz CT molecular complexity index is 1050. The molecule has 0 bridgehead atoms. The summed E-state index contributed by atoms with van der Waals surface area (Å²) < 4.78 is 6.00. The van der Waals surface area contributed by atoms with Gasteiger partial charge >= 0.3 is 5.97 Å². The number of piperidine rings is 1. The van der Waals surface area contributed by atoms with Crippen molar-refractivity contribution in [2.24, 2.45) is 5.92 Å². The van der Waals surface area contributed by atoms with Gasteiger partial charge in [-0.2, -0.15) is 0 Å². The van der Waals surface area contributed by atoms with Crippen molar-refractivity contribution >= 4 is 39.1 Å². The Kier molecular flexibility index (Phi) is 6.11. The standard InChI is InChI=1S/C23H25N3O3S/c1-15-3-8-19-20(13-15)30-22(25-19)16-4-6-18(7-5-16)24-21(27)14-26-11-9-17(10-12-26)23(28)29-2/h3-8,13,17H,9-12,14H2,1-2H3,(H,24,27)/p+1. The number of aryl methyl sites for hydroxylation is 1. The fourth-order valence-electron chi connectivity index (χ4n) is 3.89. The molecule has 0 spiro atoms. The average molecular weight is 425 g/mol. The molecule has 0 unspecified atom stereocenters. The molecule has 1 amide bonds. The third-order valence-electron chi connectivity index (χ3n) is 5.60. The molecule has 2 aromatic carbocycles. The largest absolute Gasteiger partial charge is 0.469 e. The molecule has 0 aliphatic carbocycles. The summed E-state index contributed by atoms with van der Waals surface area (Å²) in [6, 6.07) is 14.1. The number of benzene rings is 2. The molecule has 2 heterocycles. The first-order valence-corrected chi connectivity index (χ1v) is 11.0. The smallest absolute Gasteiger partial charge is 0.309 e. The number of carbonyl (C=O) groups is 2. The van der Waals surface area contributed by atoms with Gasteiger partial charge in [-0.05, 0) is 48.9 Å². The van der Waals surface area contributed by atoms with Gasteiger partial charge in [0.2, 0.25) is 0 Å². The summed E-state index contributed by atoms with van der Waals surface area (Å²) in [5.41, 5.74) is 4.07. The highest BCUT2D eigenvalue weighted by Crippen LogP contribution is 2.31. The predicted molar refractivity (Wildman–Crippen MR) is 119 cm³/mol. The van der Waals surface area contributed by atoms with Crippen molar-refractivity contribution in [2.75, 3.05) is 32.1 Å². The summed E-state index contributed by atoms with van der Waals surface area (Å²) in [5.74, 6) is -0.174. The number of quaternary nitrogens is 1. The first-order valence-electron chi connectivity index (χ1n) is 10.2. The molecule has 1 aliphatic heterocycles. The third kappa shape index (κ3) is 4.68. The van der Waals surface area contributed by atoms with Gasteiger partial charge in [0.05, 0.1) is 36.3 Å². The van der Waals surface area contributed by atoms with Crippen LogP contribution in [-0.4, -0.2) is 43.6 Å². The van der Waals surface area contributed by atoms with Crippen LogP contribution < -0.4 is 10.2 Å². The van der Waals surface area contributed by atoms with Crippen LogP contribution in [0.1, 0.15) is 18.4 Å². The lowest BCUT2D eigenvalue weighted by Gasteiger charge is -2.27. The Morgan fingerprint density at radius 3 is 2.60 bits per heavy atom. The maximum atomic E-state index is 12.4. The molecule has 30 heavy (non-hydrogen) atoms. The Morgan fingerprint density at radius 2 is 1.90 bits per heavy atom. The first kappa shape index (κ1) is 20.5. The number of nitrogens with zero attached hydrogens (tertiary/aromatic N) is 1. The van der Waals surface area contributed by atoms with Crippen LogP contribution in [0.5, 0.6) is 0 Å². The zero-order valence-electron chi connectivity index (χ0n) is 17.2. The summed E-state index contributed by atoms with van der Waals surface area (Å²) >= 11 is 1.68. The van der Waals surface area contributed by atoms with Crippen LogP contribution in [0.15, 0.2) is 42.5 Å². The maximum absolute atomic E-state index is 12.4. The Labute approximate surface area is 179 Å². The van der Waals surface area contributed by atoms with Crippen LogP contribution in [0.3, 0.4) is 0 Å². The monoisotopic (exact) mass is 424 g/mol. The molecule has 4 rings (SSSR count). The number of likely N-dealkylation sites (tertiary alicyclic amines) is 1. The van der Waals surface area contributed by atoms with Gasteiger partial charge in [-0.25, -0.2) is 4.98 Å². The van der Waals surface area contributed by atoms with Gasteiger partial charge in [0.15, 0.2) is 6.54 Å². The number of ether oxygens (including phenoxy) is 1. The topological polar surface area (TPSA) is 72.7 Å². The van der Waals surface area contributed by atoms with Crippen molar-refractivity contribution in [3.05, 3.63) is 48.0 Å². The summed E-state index contributed by atoms with van der Waals surface area (Å²) in [7, 11) is 1.43. The second-order valence-electron chi connectivity index (χ2n) is 7.84. The molecule has 1 aliphatic rings. The second-order valence-corrected chi connectivity index (χ2v) is 8.87. The van der Waals surface area contributed by atoms with Crippen LogP contribution in [-0.2, 0) is 14.3 Å². The normalized spacial score (nSPS) is 18.9. The van der Waals surface area contributed by atoms with Crippen molar-refractivity contribution in [1.82, 2.24) is 4.98 Å². The number of hydrogen-bond donors (Lipinski definition) is 2. The predicted octanol–water partition coefficient (Wildman–Crippen LogP) is 2.68. The zero-order chi connectivity index (χ0) is 21.1. The Hall–Kier alpha value is -2.77. The number of aromatic nitrogens is 1. The molecular formula is C23H26N3O3S+. The molecule has 156 valence electrons. The van der Waals surface area contributed by atoms with Gasteiger partial charge in [0.25, 0.3) is 5.91 Å². The average Bonchev–Trinajstić information content (AvgIpc) is 3.17. The first-order chi connectivity index (χ1) is 14.5. The molecular weight excluding hydrogens is 398 g/mol. The van der Waals surface area contributed by atoms with Gasteiger partial charge in [-0.3, -0.25) is 9.59 Å². The van der Waals surface area contributed by atoms with E-state index in [0.29, 0.717) is 6.54 Å². The molecule has 2 N–H and O–H groups in total. The van der Waals surface area contributed by atoms with Crippen molar-refractivity contribution in [1.29, 1.82) is 0 Å². The number of thiazole rings is 1. The SMILES string of the molecule is COC(=O)C1CC[NH+](CC(=O)Nc2ccc(-c3nc4ccc(C)cc4s3)cc2)CC1. The number of amides is 1. The molecule has 1 fully saturated rings. The van der Waals surface area contributed by atoms with E-state index < -0.39 is 0 Å². The molecule has 6 nitrogen and oxygen atoms in total. The number of carbonyl (C=O) groups excluding carboxylic acids is 2. The molecule has 0 saturated carbocycles. The number of methoxy groups -OCH3 is 1. The van der Waals surface area contributed by atoms with Crippen molar-refractivity contribution in [3.63, 3.8) is 0 Å². The number of rotatable bonds is 5. The summed E-state index contributed by atoms with van der Waals surface area (Å²) in [5, 5.41) is 3.96. The third-order valence-corrected chi connectivity index (χ3v) is 6.66. The highest BCUT2D eigenvalue weighted by Gasteiger charge is 2.29. The fraction of sp³-hybridized carbons (Fsp3) is 0.348. The van der Waals surface area contributed by atoms with Gasteiger partial charge in [0.1, 0.15) is 5.01 Å². The van der Waals surface area contributed by atoms with E-state index in [1.54, 1.807) is 11.3 Å². The molecule has 0 atom stereocenters. The van der Waals surface area contributed by atoms with Gasteiger partial charge in [-0.15, -0.1) is 11.3 Å². The number of esters is 1. The number of anilines is 1. The molecule has 1 saturated heterocycles. The van der Waals surface area contributed by atoms with Crippen molar-refractivity contribution < 1.29 is 19.2 Å². The van der Waals surface area contributed by atoms with E-state index in [-0.39, 0.29) is 17.8 Å². The minimum Gasteiger partial charge on any atom is -0.469 e. The highest BCUT2D eigenvalue weighted by atomic mass is 32.1. The van der Waals surface area contributed by atoms with E-state index >= 15 is 0 Å². The maximum Gasteiger partial charge on any atom is 0.309 e. The van der Waals surface area contributed by atoms with E-state index in [0.717, 1.165) is 47.7 Å². The van der Waals surface area contributed by atoms with E-state index in [1.807, 2.05) is 24.3 Å². The van der Waals surface area contributed by atoms with Crippen molar-refractivity contribution in [3.8, 4) is 10.6 Å². The summed E-state index contributed by atoms with van der Waals surface area (Å²) in [6.45, 7) is 4.11. The summed E-state index contributed by atoms with van der Waals surface area (Å²) in [4.78, 5) is 30.0. The van der Waals surface area contributed by atoms with Gasteiger partial charge < -0.3 is 15.0 Å².